The van der Waals surface area contributed by atoms with Crippen molar-refractivity contribution in [1.82, 2.24) is 4.90 Å². The van der Waals surface area contributed by atoms with Crippen LogP contribution in [0.4, 0.5) is 5.69 Å². The molecule has 1 aromatic carbocycles. The first-order chi connectivity index (χ1) is 7.79. The molecule has 2 nitrogen and oxygen atoms in total. The van der Waals surface area contributed by atoms with Crippen molar-refractivity contribution in [2.24, 2.45) is 0 Å². The van der Waals surface area contributed by atoms with Crippen molar-refractivity contribution in [3.63, 3.8) is 0 Å². The van der Waals surface area contributed by atoms with E-state index < -0.39 is 0 Å². The smallest absolute Gasteiger partial charge is 0.0369 e. The summed E-state index contributed by atoms with van der Waals surface area (Å²) < 4.78 is 0. The summed E-state index contributed by atoms with van der Waals surface area (Å²) in [6.07, 6.45) is 2.92. The first-order valence-electron chi connectivity index (χ1n) is 5.93. The van der Waals surface area contributed by atoms with Crippen molar-refractivity contribution < 1.29 is 0 Å². The highest BCUT2D eigenvalue weighted by molar-refractivity contribution is 5.49. The zero-order valence-corrected chi connectivity index (χ0v) is 10.0. The third kappa shape index (κ3) is 2.64. The molecule has 1 saturated heterocycles. The van der Waals surface area contributed by atoms with Gasteiger partial charge in [0.05, 0.1) is 0 Å². The zero-order chi connectivity index (χ0) is 11.4. The van der Waals surface area contributed by atoms with Crippen LogP contribution in [0.5, 0.6) is 0 Å². The molecule has 0 N–H and O–H groups in total. The Hall–Kier alpha value is -1.28. The van der Waals surface area contributed by atoms with Crippen LogP contribution in [0.2, 0.25) is 0 Å². The van der Waals surface area contributed by atoms with Crippen LogP contribution in [0.1, 0.15) is 5.56 Å². The van der Waals surface area contributed by atoms with Gasteiger partial charge in [0.1, 0.15) is 0 Å². The van der Waals surface area contributed by atoms with Crippen LogP contribution in [-0.2, 0) is 6.42 Å². The van der Waals surface area contributed by atoms with Gasteiger partial charge in [-0.1, -0.05) is 18.2 Å². The van der Waals surface area contributed by atoms with E-state index in [1.54, 1.807) is 0 Å². The van der Waals surface area contributed by atoms with Gasteiger partial charge in [0.15, 0.2) is 0 Å². The van der Waals surface area contributed by atoms with Crippen LogP contribution in [0.15, 0.2) is 36.9 Å². The predicted molar refractivity (Wildman–Crippen MR) is 70.1 cm³/mol. The van der Waals surface area contributed by atoms with Crippen molar-refractivity contribution in [3.05, 3.63) is 42.5 Å². The summed E-state index contributed by atoms with van der Waals surface area (Å²) in [5.74, 6) is 0. The van der Waals surface area contributed by atoms with E-state index in [9.17, 15) is 0 Å². The molecular weight excluding hydrogens is 196 g/mol. The second kappa shape index (κ2) is 5.17. The lowest BCUT2D eigenvalue weighted by atomic mass is 10.1. The summed E-state index contributed by atoms with van der Waals surface area (Å²) in [5, 5.41) is 0. The fourth-order valence-electron chi connectivity index (χ4n) is 2.11. The van der Waals surface area contributed by atoms with Gasteiger partial charge < -0.3 is 9.80 Å². The third-order valence-electron chi connectivity index (χ3n) is 3.16. The molecule has 0 saturated carbocycles. The van der Waals surface area contributed by atoms with Crippen molar-refractivity contribution in [1.29, 1.82) is 0 Å². The van der Waals surface area contributed by atoms with E-state index in [1.807, 2.05) is 6.08 Å². The summed E-state index contributed by atoms with van der Waals surface area (Å²) in [6, 6.07) is 8.80. The standard InChI is InChI=1S/C14H20N2/c1-3-5-13-6-4-7-14(12-13)16-10-8-15(2)9-11-16/h3-4,6-7,12H,1,5,8-11H2,2H3. The summed E-state index contributed by atoms with van der Waals surface area (Å²) in [7, 11) is 2.19. The highest BCUT2D eigenvalue weighted by atomic mass is 15.2. The quantitative estimate of drug-likeness (QED) is 0.714. The molecule has 0 unspecified atom stereocenters. The van der Waals surface area contributed by atoms with Gasteiger partial charge in [-0.05, 0) is 31.2 Å². The fourth-order valence-corrected chi connectivity index (χ4v) is 2.11. The van der Waals surface area contributed by atoms with Gasteiger partial charge >= 0.3 is 0 Å². The van der Waals surface area contributed by atoms with Crippen molar-refractivity contribution >= 4 is 5.69 Å². The molecule has 0 aromatic heterocycles. The molecule has 2 heteroatoms. The molecule has 0 aliphatic carbocycles. The van der Waals surface area contributed by atoms with Gasteiger partial charge in [-0.15, -0.1) is 6.58 Å². The van der Waals surface area contributed by atoms with E-state index in [0.717, 1.165) is 32.6 Å². The Bertz CT molecular complexity index is 352. The van der Waals surface area contributed by atoms with Crippen LogP contribution in [-0.4, -0.2) is 38.1 Å². The van der Waals surface area contributed by atoms with Gasteiger partial charge in [-0.3, -0.25) is 0 Å². The van der Waals surface area contributed by atoms with E-state index in [-0.39, 0.29) is 0 Å². The lowest BCUT2D eigenvalue weighted by Gasteiger charge is -2.34. The molecule has 16 heavy (non-hydrogen) atoms. The molecule has 0 radical (unpaired) electrons. The van der Waals surface area contributed by atoms with Gasteiger partial charge in [0.25, 0.3) is 0 Å². The molecule has 0 atom stereocenters. The Balaban J connectivity index is 2.08. The Labute approximate surface area is 98.2 Å². The van der Waals surface area contributed by atoms with E-state index in [1.165, 1.54) is 11.3 Å². The topological polar surface area (TPSA) is 6.48 Å². The van der Waals surface area contributed by atoms with E-state index in [4.69, 9.17) is 0 Å². The summed E-state index contributed by atoms with van der Waals surface area (Å²) in [6.45, 7) is 8.37. The average molecular weight is 216 g/mol. The molecule has 2 rings (SSSR count). The Morgan fingerprint density at radius 2 is 2.00 bits per heavy atom. The molecule has 0 amide bonds. The first-order valence-corrected chi connectivity index (χ1v) is 5.93. The van der Waals surface area contributed by atoms with E-state index in [0.29, 0.717) is 0 Å². The van der Waals surface area contributed by atoms with Crippen LogP contribution < -0.4 is 4.90 Å². The minimum Gasteiger partial charge on any atom is -0.369 e. The van der Waals surface area contributed by atoms with E-state index in [2.05, 4.69) is 47.7 Å². The number of likely N-dealkylation sites (N-methyl/N-ethyl adjacent to an activating group) is 1. The van der Waals surface area contributed by atoms with Crippen molar-refractivity contribution in [2.75, 3.05) is 38.1 Å². The van der Waals surface area contributed by atoms with Crippen molar-refractivity contribution in [2.45, 2.75) is 6.42 Å². The molecule has 0 bridgehead atoms. The predicted octanol–water partition coefficient (Wildman–Crippen LogP) is 2.17. The lowest BCUT2D eigenvalue weighted by Crippen LogP contribution is -2.44. The van der Waals surface area contributed by atoms with Crippen LogP contribution >= 0.6 is 0 Å². The number of hydrogen-bond acceptors (Lipinski definition) is 2. The SMILES string of the molecule is C=CCc1cccc(N2CCN(C)CC2)c1. The van der Waals surface area contributed by atoms with Crippen LogP contribution in [0.3, 0.4) is 0 Å². The number of anilines is 1. The monoisotopic (exact) mass is 216 g/mol. The summed E-state index contributed by atoms with van der Waals surface area (Å²) in [4.78, 5) is 4.84. The molecule has 86 valence electrons. The van der Waals surface area contributed by atoms with Gasteiger partial charge in [0.2, 0.25) is 0 Å². The van der Waals surface area contributed by atoms with Crippen molar-refractivity contribution in [3.8, 4) is 0 Å². The average Bonchev–Trinajstić information content (AvgIpc) is 2.31. The molecule has 1 heterocycles. The van der Waals surface area contributed by atoms with Crippen LogP contribution in [0.25, 0.3) is 0 Å². The van der Waals surface area contributed by atoms with Gasteiger partial charge in [-0.25, -0.2) is 0 Å². The van der Waals surface area contributed by atoms with E-state index >= 15 is 0 Å². The third-order valence-corrected chi connectivity index (χ3v) is 3.16. The van der Waals surface area contributed by atoms with Gasteiger partial charge in [-0.2, -0.15) is 0 Å². The number of nitrogens with zero attached hydrogens (tertiary/aromatic N) is 2. The number of allylic oxidation sites excluding steroid dienone is 1. The summed E-state index contributed by atoms with van der Waals surface area (Å²) in [5.41, 5.74) is 2.71. The molecular formula is C14H20N2. The number of hydrogen-bond donors (Lipinski definition) is 0. The maximum absolute atomic E-state index is 3.79. The van der Waals surface area contributed by atoms with Crippen LogP contribution in [0, 0.1) is 0 Å². The molecule has 1 aliphatic heterocycles. The zero-order valence-electron chi connectivity index (χ0n) is 10.0. The second-order valence-corrected chi connectivity index (χ2v) is 4.45. The highest BCUT2D eigenvalue weighted by Gasteiger charge is 2.13. The maximum atomic E-state index is 3.79. The largest absolute Gasteiger partial charge is 0.369 e. The normalized spacial score (nSPS) is 17.4. The Morgan fingerprint density at radius 1 is 1.25 bits per heavy atom. The Morgan fingerprint density at radius 3 is 2.69 bits per heavy atom. The minimum absolute atomic E-state index is 0.960. The molecule has 1 aliphatic rings. The second-order valence-electron chi connectivity index (χ2n) is 4.45. The first kappa shape index (κ1) is 11.2. The van der Waals surface area contributed by atoms with Gasteiger partial charge in [0, 0.05) is 31.9 Å². The summed E-state index contributed by atoms with van der Waals surface area (Å²) >= 11 is 0. The number of benzene rings is 1. The molecule has 1 fully saturated rings. The number of rotatable bonds is 3. The number of piperazine rings is 1. The minimum atomic E-state index is 0.960. The maximum Gasteiger partial charge on any atom is 0.0369 e. The Kier molecular flexibility index (Phi) is 3.62. The lowest BCUT2D eigenvalue weighted by molar-refractivity contribution is 0.313. The molecule has 0 spiro atoms. The highest BCUT2D eigenvalue weighted by Crippen LogP contribution is 2.18. The molecule has 1 aromatic rings. The fraction of sp³-hybridized carbons (Fsp3) is 0.429.